The van der Waals surface area contributed by atoms with Crippen molar-refractivity contribution in [3.63, 3.8) is 0 Å². The molecular weight excluding hydrogens is 464 g/mol. The summed E-state index contributed by atoms with van der Waals surface area (Å²) in [6.07, 6.45) is 0.687. The van der Waals surface area contributed by atoms with Crippen molar-refractivity contribution in [1.82, 2.24) is 9.97 Å². The second kappa shape index (κ2) is 8.56. The number of phenols is 1. The summed E-state index contributed by atoms with van der Waals surface area (Å²) in [6.45, 7) is 0. The van der Waals surface area contributed by atoms with Gasteiger partial charge in [0.05, 0.1) is 27.8 Å². The minimum atomic E-state index is -0.141. The number of benzene rings is 3. The number of hydrazone groups is 1. The maximum Gasteiger partial charge on any atom is 0.247 e. The normalized spacial score (nSPS) is 15.6. The minimum Gasteiger partial charge on any atom is -0.508 e. The second-order valence-corrected chi connectivity index (χ2v) is 9.47. The third-order valence-corrected chi connectivity index (χ3v) is 7.02. The molecule has 0 bridgehead atoms. The first-order valence-corrected chi connectivity index (χ1v) is 12.1. The Morgan fingerprint density at radius 2 is 1.79 bits per heavy atom. The van der Waals surface area contributed by atoms with Gasteiger partial charge < -0.3 is 5.11 Å². The molecule has 1 aliphatic rings. The highest BCUT2D eigenvalue weighted by Crippen LogP contribution is 2.39. The first-order chi connectivity index (χ1) is 16.7. The van der Waals surface area contributed by atoms with E-state index in [1.165, 1.54) is 0 Å². The fourth-order valence-corrected chi connectivity index (χ4v) is 5.18. The van der Waals surface area contributed by atoms with E-state index in [0.29, 0.717) is 17.4 Å². The lowest BCUT2D eigenvalue weighted by molar-refractivity contribution is 0.473. The average molecular weight is 483 g/mol. The van der Waals surface area contributed by atoms with Crippen molar-refractivity contribution in [2.75, 3.05) is 5.01 Å². The Balaban J connectivity index is 1.55. The predicted molar refractivity (Wildman–Crippen MR) is 139 cm³/mol. The van der Waals surface area contributed by atoms with Crippen LogP contribution in [0, 0.1) is 0 Å². The van der Waals surface area contributed by atoms with Crippen LogP contribution in [-0.2, 0) is 0 Å². The van der Waals surface area contributed by atoms with Crippen molar-refractivity contribution in [3.8, 4) is 17.0 Å². The fraction of sp³-hybridized carbons (Fsp3) is 0.0741. The van der Waals surface area contributed by atoms with Gasteiger partial charge in [-0.15, -0.1) is 11.3 Å². The molecule has 166 valence electrons. The van der Waals surface area contributed by atoms with Gasteiger partial charge in [-0.2, -0.15) is 5.10 Å². The molecule has 1 aliphatic heterocycles. The molecule has 0 aliphatic carbocycles. The van der Waals surface area contributed by atoms with Crippen molar-refractivity contribution < 1.29 is 5.11 Å². The second-order valence-electron chi connectivity index (χ2n) is 8.08. The Morgan fingerprint density at radius 1 is 0.912 bits per heavy atom. The van der Waals surface area contributed by atoms with Crippen LogP contribution in [0.1, 0.15) is 22.9 Å². The predicted octanol–water partition coefficient (Wildman–Crippen LogP) is 7.07. The summed E-state index contributed by atoms with van der Waals surface area (Å²) in [4.78, 5) is 11.0. The molecule has 5 nitrogen and oxygen atoms in total. The van der Waals surface area contributed by atoms with Crippen LogP contribution in [0.2, 0.25) is 5.02 Å². The summed E-state index contributed by atoms with van der Waals surface area (Å²) < 4.78 is 0. The zero-order valence-corrected chi connectivity index (χ0v) is 19.5. The number of hydrogen-bond donors (Lipinski definition) is 1. The molecule has 1 atom stereocenters. The lowest BCUT2D eigenvalue weighted by atomic mass is 10.0. The number of phenolic OH excluding ortho intramolecular Hbond substituents is 1. The lowest BCUT2D eigenvalue weighted by Gasteiger charge is -2.23. The molecule has 34 heavy (non-hydrogen) atoms. The number of halogens is 1. The van der Waals surface area contributed by atoms with E-state index in [9.17, 15) is 5.11 Å². The van der Waals surface area contributed by atoms with Crippen molar-refractivity contribution >= 4 is 45.5 Å². The van der Waals surface area contributed by atoms with Gasteiger partial charge in [0.2, 0.25) is 5.95 Å². The summed E-state index contributed by atoms with van der Waals surface area (Å²) in [5, 5.41) is 20.6. The van der Waals surface area contributed by atoms with Gasteiger partial charge in [-0.1, -0.05) is 60.1 Å². The molecule has 0 fully saturated rings. The molecule has 0 amide bonds. The smallest absolute Gasteiger partial charge is 0.247 e. The molecule has 5 aromatic rings. The average Bonchev–Trinajstić information content (AvgIpc) is 3.54. The van der Waals surface area contributed by atoms with E-state index in [-0.39, 0.29) is 11.8 Å². The van der Waals surface area contributed by atoms with Crippen molar-refractivity contribution in [2.45, 2.75) is 12.5 Å². The van der Waals surface area contributed by atoms with Crippen LogP contribution >= 0.6 is 22.9 Å². The highest BCUT2D eigenvalue weighted by molar-refractivity contribution is 7.12. The van der Waals surface area contributed by atoms with Crippen molar-refractivity contribution in [2.24, 2.45) is 5.10 Å². The number of fused-ring (bicyclic) bond motifs is 1. The van der Waals surface area contributed by atoms with E-state index >= 15 is 0 Å². The van der Waals surface area contributed by atoms with Gasteiger partial charge in [-0.3, -0.25) is 0 Å². The van der Waals surface area contributed by atoms with E-state index in [4.69, 9.17) is 26.7 Å². The molecule has 3 heterocycles. The van der Waals surface area contributed by atoms with Crippen LogP contribution in [-0.4, -0.2) is 20.8 Å². The zero-order chi connectivity index (χ0) is 23.1. The Kier molecular flexibility index (Phi) is 5.24. The molecule has 0 radical (unpaired) electrons. The minimum absolute atomic E-state index is 0.141. The number of aromatic nitrogens is 2. The summed E-state index contributed by atoms with van der Waals surface area (Å²) in [6, 6.07) is 27.0. The quantitative estimate of drug-likeness (QED) is 0.297. The van der Waals surface area contributed by atoms with Crippen LogP contribution in [0.15, 0.2) is 95.4 Å². The first kappa shape index (κ1) is 20.8. The zero-order valence-electron chi connectivity index (χ0n) is 18.0. The van der Waals surface area contributed by atoms with E-state index in [1.807, 2.05) is 77.1 Å². The molecular formula is C27H19ClN4OS. The number of rotatable bonds is 4. The van der Waals surface area contributed by atoms with Crippen molar-refractivity contribution in [1.29, 1.82) is 0 Å². The fourth-order valence-electron chi connectivity index (χ4n) is 4.28. The van der Waals surface area contributed by atoms with Gasteiger partial charge in [0.25, 0.3) is 0 Å². The molecule has 3 aromatic carbocycles. The maximum atomic E-state index is 10.1. The Labute approximate surface area is 205 Å². The SMILES string of the molecule is Oc1cccc([C@@H]2CC(c3cccs3)=NN2c2nc(-c3ccccc3)c3cc(Cl)ccc3n2)c1. The highest BCUT2D eigenvalue weighted by Gasteiger charge is 2.32. The van der Waals surface area contributed by atoms with Gasteiger partial charge in [-0.05, 0) is 47.3 Å². The number of anilines is 1. The van der Waals surface area contributed by atoms with Crippen LogP contribution in [0.4, 0.5) is 5.95 Å². The number of nitrogens with zero attached hydrogens (tertiary/aromatic N) is 4. The van der Waals surface area contributed by atoms with Crippen LogP contribution < -0.4 is 5.01 Å². The third-order valence-electron chi connectivity index (χ3n) is 5.87. The van der Waals surface area contributed by atoms with Gasteiger partial charge in [0, 0.05) is 22.4 Å². The third kappa shape index (κ3) is 3.81. The molecule has 7 heteroatoms. The van der Waals surface area contributed by atoms with Gasteiger partial charge in [0.1, 0.15) is 5.75 Å². The Morgan fingerprint density at radius 3 is 2.59 bits per heavy atom. The van der Waals surface area contributed by atoms with Gasteiger partial charge in [-0.25, -0.2) is 15.0 Å². The van der Waals surface area contributed by atoms with E-state index in [2.05, 4.69) is 6.07 Å². The first-order valence-electron chi connectivity index (χ1n) is 10.9. The molecule has 0 saturated heterocycles. The Hall–Kier alpha value is -3.74. The summed E-state index contributed by atoms with van der Waals surface area (Å²) in [7, 11) is 0. The van der Waals surface area contributed by atoms with E-state index in [0.717, 1.165) is 38.3 Å². The number of aromatic hydroxyl groups is 1. The number of thiophene rings is 1. The van der Waals surface area contributed by atoms with Crippen LogP contribution in [0.3, 0.4) is 0 Å². The number of hydrogen-bond acceptors (Lipinski definition) is 6. The lowest BCUT2D eigenvalue weighted by Crippen LogP contribution is -2.21. The topological polar surface area (TPSA) is 61.6 Å². The molecule has 1 N–H and O–H groups in total. The molecule has 0 saturated carbocycles. The highest BCUT2D eigenvalue weighted by atomic mass is 35.5. The maximum absolute atomic E-state index is 10.1. The summed E-state index contributed by atoms with van der Waals surface area (Å²) in [5.74, 6) is 0.731. The van der Waals surface area contributed by atoms with Crippen molar-refractivity contribution in [3.05, 3.63) is 106 Å². The summed E-state index contributed by atoms with van der Waals surface area (Å²) >= 11 is 7.99. The summed E-state index contributed by atoms with van der Waals surface area (Å²) in [5.41, 5.74) is 4.51. The van der Waals surface area contributed by atoms with Gasteiger partial charge in [0.15, 0.2) is 0 Å². The molecule has 0 unspecified atom stereocenters. The van der Waals surface area contributed by atoms with Crippen LogP contribution in [0.25, 0.3) is 22.2 Å². The molecule has 6 rings (SSSR count). The largest absolute Gasteiger partial charge is 0.508 e. The van der Waals surface area contributed by atoms with Gasteiger partial charge >= 0.3 is 0 Å². The van der Waals surface area contributed by atoms with E-state index < -0.39 is 0 Å². The Bertz CT molecular complexity index is 1520. The molecule has 0 spiro atoms. The molecule has 2 aromatic heterocycles. The monoisotopic (exact) mass is 482 g/mol. The van der Waals surface area contributed by atoms with Crippen LogP contribution in [0.5, 0.6) is 5.75 Å². The standard InChI is InChI=1S/C27H19ClN4OS/c28-19-11-12-22-21(15-19)26(17-6-2-1-3-7-17)30-27(29-22)32-24(18-8-4-9-20(33)14-18)16-23(31-32)25-10-5-13-34-25/h1-15,24,33H,16H2/t24-/m0/s1. The van der Waals surface area contributed by atoms with E-state index in [1.54, 1.807) is 23.5 Å².